The van der Waals surface area contributed by atoms with Crippen molar-refractivity contribution in [3.05, 3.63) is 83.7 Å². The van der Waals surface area contributed by atoms with Gasteiger partial charge in [-0.3, -0.25) is 24.7 Å². The number of carbonyl (C=O) groups is 3. The lowest BCUT2D eigenvalue weighted by atomic mass is 10.0. The number of ether oxygens (including phenoxy) is 2. The summed E-state index contributed by atoms with van der Waals surface area (Å²) in [6, 6.07) is 14.4. The zero-order chi connectivity index (χ0) is 37.3. The molecule has 1 unspecified atom stereocenters. The molecule has 0 spiro atoms. The molecule has 0 saturated carbocycles. The summed E-state index contributed by atoms with van der Waals surface area (Å²) in [5.74, 6) is 0.226. The van der Waals surface area contributed by atoms with Gasteiger partial charge in [-0.1, -0.05) is 0 Å². The third-order valence-electron chi connectivity index (χ3n) is 8.89. The van der Waals surface area contributed by atoms with Crippen molar-refractivity contribution in [3.8, 4) is 27.6 Å². The van der Waals surface area contributed by atoms with Crippen LogP contribution in [-0.2, 0) is 27.0 Å². The number of pyridine rings is 2. The van der Waals surface area contributed by atoms with Crippen molar-refractivity contribution in [2.45, 2.75) is 31.6 Å². The second kappa shape index (κ2) is 14.8. The highest BCUT2D eigenvalue weighted by atomic mass is 32.1. The molecule has 2 N–H and O–H groups in total. The smallest absolute Gasteiger partial charge is 0.418 e. The number of carbonyl (C=O) groups excluding carboxylic acids is 3. The molecule has 0 aliphatic carbocycles. The first-order chi connectivity index (χ1) is 25.4. The molecule has 3 amide bonds. The van der Waals surface area contributed by atoms with Gasteiger partial charge >= 0.3 is 6.18 Å². The fourth-order valence-electron chi connectivity index (χ4n) is 6.20. The van der Waals surface area contributed by atoms with E-state index in [1.54, 1.807) is 47.4 Å². The lowest BCUT2D eigenvalue weighted by Gasteiger charge is -2.29. The number of hydrogen-bond donors (Lipinski definition) is 2. The largest absolute Gasteiger partial charge is 0.491 e. The number of hydrogen-bond acceptors (Lipinski definition) is 11. The van der Waals surface area contributed by atoms with Crippen LogP contribution in [-0.4, -0.2) is 84.1 Å². The molecule has 2 aliphatic heterocycles. The van der Waals surface area contributed by atoms with Crippen molar-refractivity contribution in [2.24, 2.45) is 0 Å². The number of amides is 3. The Labute approximate surface area is 306 Å². The first kappa shape index (κ1) is 35.8. The van der Waals surface area contributed by atoms with E-state index in [9.17, 15) is 27.6 Å². The fourth-order valence-corrected chi connectivity index (χ4v) is 7.21. The van der Waals surface area contributed by atoms with E-state index >= 15 is 0 Å². The fraction of sp³-hybridized carbons (Fsp3) is 0.297. The predicted octanol–water partition coefficient (Wildman–Crippen LogP) is 5.77. The molecule has 3 aromatic heterocycles. The Kier molecular flexibility index (Phi) is 9.98. The topological polar surface area (TPSA) is 139 Å². The SMILES string of the molecule is CN(C)c1ccc(-c2cnc(-c3nc4ccc(NCCOCCOc5ccc6c(c5)CN(C5CCC(=O)NC5=O)C6=O)cc4s3)c(C(F)(F)F)c2)cn1. The van der Waals surface area contributed by atoms with Crippen LogP contribution in [0.4, 0.5) is 24.7 Å². The quantitative estimate of drug-likeness (QED) is 0.120. The van der Waals surface area contributed by atoms with Gasteiger partial charge in [-0.25, -0.2) is 9.97 Å². The highest BCUT2D eigenvalue weighted by Gasteiger charge is 2.39. The number of nitrogens with one attached hydrogen (secondary N) is 2. The van der Waals surface area contributed by atoms with Crippen molar-refractivity contribution >= 4 is 50.8 Å². The Morgan fingerprint density at radius 3 is 2.57 bits per heavy atom. The number of piperidine rings is 1. The molecule has 2 aromatic carbocycles. The van der Waals surface area contributed by atoms with Crippen LogP contribution in [0, 0.1) is 0 Å². The van der Waals surface area contributed by atoms with E-state index in [1.165, 1.54) is 17.3 Å². The Morgan fingerprint density at radius 1 is 0.981 bits per heavy atom. The molecular formula is C37H34F3N7O5S. The first-order valence-electron chi connectivity index (χ1n) is 16.8. The van der Waals surface area contributed by atoms with Crippen LogP contribution in [0.3, 0.4) is 0 Å². The van der Waals surface area contributed by atoms with E-state index in [2.05, 4.69) is 25.6 Å². The van der Waals surface area contributed by atoms with E-state index in [4.69, 9.17) is 9.47 Å². The molecule has 1 saturated heterocycles. The molecule has 12 nitrogen and oxygen atoms in total. The molecule has 0 bridgehead atoms. The van der Waals surface area contributed by atoms with Gasteiger partial charge in [0.25, 0.3) is 5.91 Å². The number of aromatic nitrogens is 3. The summed E-state index contributed by atoms with van der Waals surface area (Å²) in [6.07, 6.45) is -1.22. The standard InChI is InChI=1S/C37H34F3N7O5S/c1-46(2)31-9-3-21(18-42-31)22-16-27(37(38,39)40)33(43-19-22)35-44-28-7-4-24(17-30(28)53-35)41-11-12-51-13-14-52-25-5-6-26-23(15-25)20-47(36(26)50)29-8-10-32(48)45-34(29)49/h3-7,9,15-19,29,41H,8,10-14,20H2,1-2H3,(H,45,48,49). The van der Waals surface area contributed by atoms with Crippen LogP contribution in [0.5, 0.6) is 5.75 Å². The Morgan fingerprint density at radius 2 is 1.81 bits per heavy atom. The second-order valence-corrected chi connectivity index (χ2v) is 13.8. The summed E-state index contributed by atoms with van der Waals surface area (Å²) >= 11 is 1.13. The normalized spacial score (nSPS) is 15.8. The molecule has 0 radical (unpaired) electrons. The third kappa shape index (κ3) is 7.78. The van der Waals surface area contributed by atoms with Crippen molar-refractivity contribution < 1.29 is 37.0 Å². The van der Waals surface area contributed by atoms with E-state index in [-0.39, 0.29) is 42.1 Å². The number of nitrogens with zero attached hydrogens (tertiary/aromatic N) is 5. The minimum absolute atomic E-state index is 0.169. The molecule has 5 heterocycles. The van der Waals surface area contributed by atoms with E-state index in [0.29, 0.717) is 64.7 Å². The lowest BCUT2D eigenvalue weighted by molar-refractivity contribution is -0.138. The highest BCUT2D eigenvalue weighted by molar-refractivity contribution is 7.21. The maximum absolute atomic E-state index is 14.3. The molecular weight excluding hydrogens is 712 g/mol. The number of thiazole rings is 1. The number of imide groups is 1. The van der Waals surface area contributed by atoms with E-state index < -0.39 is 23.7 Å². The van der Waals surface area contributed by atoms with Crippen molar-refractivity contribution in [2.75, 3.05) is 50.7 Å². The lowest BCUT2D eigenvalue weighted by Crippen LogP contribution is -2.52. The zero-order valence-corrected chi connectivity index (χ0v) is 29.5. The maximum atomic E-state index is 14.3. The molecule has 16 heteroatoms. The number of alkyl halides is 3. The van der Waals surface area contributed by atoms with Crippen LogP contribution in [0.25, 0.3) is 32.0 Å². The van der Waals surface area contributed by atoms with Crippen molar-refractivity contribution in [1.82, 2.24) is 25.2 Å². The van der Waals surface area contributed by atoms with Gasteiger partial charge in [0.05, 0.1) is 29.0 Å². The molecule has 1 atom stereocenters. The third-order valence-corrected chi connectivity index (χ3v) is 9.92. The summed E-state index contributed by atoms with van der Waals surface area (Å²) in [5.41, 5.74) is 2.32. The van der Waals surface area contributed by atoms with Gasteiger partial charge in [0.1, 0.15) is 34.9 Å². The summed E-state index contributed by atoms with van der Waals surface area (Å²) < 4.78 is 55.0. The molecule has 1 fully saturated rings. The average Bonchev–Trinajstić information content (AvgIpc) is 3.70. The first-order valence-corrected chi connectivity index (χ1v) is 17.6. The van der Waals surface area contributed by atoms with Gasteiger partial charge in [0.15, 0.2) is 0 Å². The second-order valence-electron chi connectivity index (χ2n) is 12.7. The average molecular weight is 746 g/mol. The molecule has 274 valence electrons. The predicted molar refractivity (Wildman–Crippen MR) is 193 cm³/mol. The zero-order valence-electron chi connectivity index (χ0n) is 28.7. The van der Waals surface area contributed by atoms with Crippen LogP contribution in [0.2, 0.25) is 0 Å². The minimum atomic E-state index is -4.64. The van der Waals surface area contributed by atoms with Crippen LogP contribution >= 0.6 is 11.3 Å². The molecule has 53 heavy (non-hydrogen) atoms. The Hall–Kier alpha value is -5.61. The Bertz CT molecular complexity index is 2190. The molecule has 7 rings (SSSR count). The molecule has 5 aromatic rings. The Balaban J connectivity index is 0.905. The van der Waals surface area contributed by atoms with Crippen molar-refractivity contribution in [3.63, 3.8) is 0 Å². The number of rotatable bonds is 12. The van der Waals surface area contributed by atoms with Gasteiger partial charge in [0, 0.05) is 68.4 Å². The summed E-state index contributed by atoms with van der Waals surface area (Å²) in [4.78, 5) is 53.0. The van der Waals surface area contributed by atoms with Gasteiger partial charge in [-0.2, -0.15) is 13.2 Å². The number of halogens is 3. The van der Waals surface area contributed by atoms with Crippen LogP contribution < -0.4 is 20.3 Å². The van der Waals surface area contributed by atoms with Gasteiger partial charge < -0.3 is 24.6 Å². The molecule has 2 aliphatic rings. The van der Waals surface area contributed by atoms with Gasteiger partial charge in [-0.05, 0) is 66.6 Å². The van der Waals surface area contributed by atoms with Crippen molar-refractivity contribution in [1.29, 1.82) is 0 Å². The minimum Gasteiger partial charge on any atom is -0.491 e. The van der Waals surface area contributed by atoms with Gasteiger partial charge in [0.2, 0.25) is 11.8 Å². The summed E-state index contributed by atoms with van der Waals surface area (Å²) in [6.45, 7) is 1.68. The van der Waals surface area contributed by atoms with Gasteiger partial charge in [-0.15, -0.1) is 11.3 Å². The van der Waals surface area contributed by atoms with Crippen LogP contribution in [0.15, 0.2) is 67.0 Å². The summed E-state index contributed by atoms with van der Waals surface area (Å²) in [5, 5.41) is 5.73. The highest BCUT2D eigenvalue weighted by Crippen LogP contribution is 2.41. The number of fused-ring (bicyclic) bond motifs is 2. The number of benzene rings is 2. The maximum Gasteiger partial charge on any atom is 0.418 e. The number of anilines is 2. The van der Waals surface area contributed by atoms with Crippen LogP contribution in [0.1, 0.15) is 34.3 Å². The summed E-state index contributed by atoms with van der Waals surface area (Å²) in [7, 11) is 3.66. The monoisotopic (exact) mass is 745 g/mol. The van der Waals surface area contributed by atoms with E-state index in [0.717, 1.165) is 28.7 Å². The van der Waals surface area contributed by atoms with E-state index in [1.807, 2.05) is 20.2 Å².